The van der Waals surface area contributed by atoms with Crippen molar-refractivity contribution >= 4 is 0 Å². The van der Waals surface area contributed by atoms with Gasteiger partial charge in [-0.15, -0.1) is 0 Å². The van der Waals surface area contributed by atoms with E-state index in [1.807, 2.05) is 0 Å². The van der Waals surface area contributed by atoms with Crippen LogP contribution in [0.2, 0.25) is 0 Å². The quantitative estimate of drug-likeness (QED) is 0.550. The van der Waals surface area contributed by atoms with E-state index in [0.29, 0.717) is 5.88 Å². The van der Waals surface area contributed by atoms with E-state index < -0.39 is 0 Å². The molecule has 1 aromatic heterocycles. The van der Waals surface area contributed by atoms with Gasteiger partial charge in [0.05, 0.1) is 0 Å². The molecule has 0 spiro atoms. The molecule has 0 aliphatic rings. The lowest BCUT2D eigenvalue weighted by atomic mass is 10.7. The molecule has 7 heavy (non-hydrogen) atoms. The summed E-state index contributed by atoms with van der Waals surface area (Å²) in [6.45, 7) is 0. The van der Waals surface area contributed by atoms with Crippen LogP contribution in [-0.2, 0) is 0 Å². The lowest BCUT2D eigenvalue weighted by Gasteiger charge is -1.85. The van der Waals surface area contributed by atoms with Crippen molar-refractivity contribution in [3.05, 3.63) is 25.4 Å². The van der Waals surface area contributed by atoms with E-state index >= 15 is 0 Å². The molecule has 2 nitrogen and oxygen atoms in total. The van der Waals surface area contributed by atoms with Crippen molar-refractivity contribution < 1.29 is 4.74 Å². The van der Waals surface area contributed by atoms with Crippen LogP contribution in [0.3, 0.4) is 0 Å². The van der Waals surface area contributed by atoms with Gasteiger partial charge in [0.25, 0.3) is 7.11 Å². The van der Waals surface area contributed by atoms with Crippen molar-refractivity contribution in [2.45, 2.75) is 0 Å². The number of aromatic nitrogens is 1. The van der Waals surface area contributed by atoms with Gasteiger partial charge in [-0.05, 0) is 12.1 Å². The zero-order chi connectivity index (χ0) is 5.11. The van der Waals surface area contributed by atoms with E-state index in [4.69, 9.17) is 7.11 Å². The summed E-state index contributed by atoms with van der Waals surface area (Å²) in [6.07, 6.45) is 1.70. The van der Waals surface area contributed by atoms with Crippen LogP contribution in [0.1, 0.15) is 0 Å². The van der Waals surface area contributed by atoms with Gasteiger partial charge >= 0.3 is 0 Å². The molecule has 1 aromatic rings. The predicted octanol–water partition coefficient (Wildman–Crippen LogP) is 0.939. The van der Waals surface area contributed by atoms with Crippen LogP contribution < -0.4 is 4.74 Å². The molecule has 35 valence electrons. The molecule has 0 aromatic carbocycles. The molecule has 1 N–H and O–H groups in total. The average molecular weight is 94.1 g/mol. The monoisotopic (exact) mass is 94.0 g/mol. The predicted molar refractivity (Wildman–Crippen MR) is 24.7 cm³/mol. The Bertz CT molecular complexity index is 123. The number of H-pyrrole nitrogens is 1. The summed E-state index contributed by atoms with van der Waals surface area (Å²) in [5.41, 5.74) is 0. The third-order valence-electron chi connectivity index (χ3n) is 0.679. The average Bonchev–Trinajstić information content (AvgIpc) is 2.14. The smallest absolute Gasteiger partial charge is 0.254 e. The summed E-state index contributed by atoms with van der Waals surface area (Å²) < 4.78 is 4.05. The Balaban J connectivity index is 2.76. The van der Waals surface area contributed by atoms with Crippen LogP contribution >= 0.6 is 0 Å². The van der Waals surface area contributed by atoms with E-state index in [-0.39, 0.29) is 0 Å². The number of rotatable bonds is 1. The van der Waals surface area contributed by atoms with Crippen molar-refractivity contribution in [2.75, 3.05) is 0 Å². The van der Waals surface area contributed by atoms with Gasteiger partial charge in [0, 0.05) is 6.20 Å². The van der Waals surface area contributed by atoms with E-state index in [1.54, 1.807) is 18.3 Å². The van der Waals surface area contributed by atoms with Crippen LogP contribution in [0.4, 0.5) is 0 Å². The summed E-state index contributed by atoms with van der Waals surface area (Å²) in [4.78, 5) is 2.68. The van der Waals surface area contributed by atoms with Gasteiger partial charge < -0.3 is 9.72 Å². The molecule has 0 aliphatic carbocycles. The number of nitrogens with one attached hydrogen (secondary N) is 1. The maximum Gasteiger partial charge on any atom is 0.254 e. The van der Waals surface area contributed by atoms with Crippen molar-refractivity contribution in [2.24, 2.45) is 0 Å². The van der Waals surface area contributed by atoms with Crippen molar-refractivity contribution in [1.29, 1.82) is 0 Å². The van der Waals surface area contributed by atoms with E-state index in [9.17, 15) is 0 Å². The van der Waals surface area contributed by atoms with E-state index in [1.165, 1.54) is 0 Å². The summed E-state index contributed by atoms with van der Waals surface area (Å²) >= 11 is 0. The molecule has 0 amide bonds. The van der Waals surface area contributed by atoms with Gasteiger partial charge in [0.2, 0.25) is 0 Å². The minimum atomic E-state index is 0.472. The lowest BCUT2D eigenvalue weighted by molar-refractivity contribution is 0.456. The lowest BCUT2D eigenvalue weighted by Crippen LogP contribution is -1.74. The Kier molecular flexibility index (Phi) is 1.02. The normalized spacial score (nSPS) is 8.71. The second-order valence-electron chi connectivity index (χ2n) is 1.14. The van der Waals surface area contributed by atoms with Gasteiger partial charge in [0.1, 0.15) is 0 Å². The minimum Gasteiger partial charge on any atom is -0.459 e. The fraction of sp³-hybridized carbons (Fsp3) is 0. The third kappa shape index (κ3) is 0.738. The van der Waals surface area contributed by atoms with Gasteiger partial charge in [-0.25, -0.2) is 0 Å². The van der Waals surface area contributed by atoms with Crippen LogP contribution in [0.25, 0.3) is 0 Å². The van der Waals surface area contributed by atoms with E-state index in [2.05, 4.69) is 9.72 Å². The number of ether oxygens (including phenoxy) is 1. The second-order valence-corrected chi connectivity index (χ2v) is 1.14. The standard InChI is InChI=1S/C5H4NO/c1-7-5-3-2-4-6-5/h2-4,6H. The van der Waals surface area contributed by atoms with Gasteiger partial charge in [0.15, 0.2) is 5.88 Å². The number of hydrogen-bond acceptors (Lipinski definition) is 1. The largest absolute Gasteiger partial charge is 0.459 e. The second kappa shape index (κ2) is 1.69. The maximum absolute atomic E-state index is 6.33. The molecule has 0 fully saturated rings. The highest BCUT2D eigenvalue weighted by Gasteiger charge is 1.82. The van der Waals surface area contributed by atoms with Crippen molar-refractivity contribution in [3.63, 3.8) is 0 Å². The van der Waals surface area contributed by atoms with E-state index in [0.717, 1.165) is 0 Å². The molecular weight excluding hydrogens is 90.1 g/mol. The molecule has 1 rings (SSSR count). The zero-order valence-electron chi connectivity index (χ0n) is 3.64. The summed E-state index contributed by atoms with van der Waals surface area (Å²) in [5, 5.41) is 0. The molecule has 2 heteroatoms. The Morgan fingerprint density at radius 2 is 2.57 bits per heavy atom. The molecular formula is C5H4NO. The Labute approximate surface area is 42.1 Å². The summed E-state index contributed by atoms with van der Waals surface area (Å²) in [5.74, 6) is 0.472. The first kappa shape index (κ1) is 4.24. The van der Waals surface area contributed by atoms with Crippen LogP contribution in [-0.4, -0.2) is 4.98 Å². The number of aromatic amines is 1. The highest BCUT2D eigenvalue weighted by atomic mass is 16.5. The fourth-order valence-electron chi connectivity index (χ4n) is 0.377. The topological polar surface area (TPSA) is 25.0 Å². The van der Waals surface area contributed by atoms with Crippen molar-refractivity contribution in [1.82, 2.24) is 4.98 Å². The maximum atomic E-state index is 6.33. The molecule has 0 bridgehead atoms. The molecule has 1 heterocycles. The van der Waals surface area contributed by atoms with Crippen LogP contribution in [0.5, 0.6) is 5.88 Å². The van der Waals surface area contributed by atoms with Crippen LogP contribution in [0.15, 0.2) is 18.3 Å². The third-order valence-corrected chi connectivity index (χ3v) is 0.679. The highest BCUT2D eigenvalue weighted by Crippen LogP contribution is 2.01. The molecule has 3 radical (unpaired) electrons. The number of hydrogen-bond donors (Lipinski definition) is 1. The first-order valence-corrected chi connectivity index (χ1v) is 1.90. The van der Waals surface area contributed by atoms with Gasteiger partial charge in [-0.3, -0.25) is 0 Å². The molecule has 0 saturated carbocycles. The molecule has 0 unspecified atom stereocenters. The Morgan fingerprint density at radius 1 is 1.71 bits per heavy atom. The Morgan fingerprint density at radius 3 is 2.86 bits per heavy atom. The molecule has 0 atom stereocenters. The van der Waals surface area contributed by atoms with Crippen molar-refractivity contribution in [3.8, 4) is 5.88 Å². The minimum absolute atomic E-state index is 0.472. The summed E-state index contributed by atoms with van der Waals surface area (Å²) in [7, 11) is 6.33. The van der Waals surface area contributed by atoms with Gasteiger partial charge in [-0.1, -0.05) is 0 Å². The fourth-order valence-corrected chi connectivity index (χ4v) is 0.377. The molecule has 0 saturated heterocycles. The Hall–Kier alpha value is -0.920. The zero-order valence-corrected chi connectivity index (χ0v) is 3.64. The van der Waals surface area contributed by atoms with Gasteiger partial charge in [-0.2, -0.15) is 0 Å². The molecule has 0 aliphatic heterocycles. The first-order chi connectivity index (χ1) is 3.43. The SMILES string of the molecule is [C]Oc1ccc[nH]1. The highest BCUT2D eigenvalue weighted by molar-refractivity contribution is 5.09. The first-order valence-electron chi connectivity index (χ1n) is 1.90. The summed E-state index contributed by atoms with van der Waals surface area (Å²) in [6, 6.07) is 3.44. The van der Waals surface area contributed by atoms with Crippen LogP contribution in [0, 0.1) is 7.11 Å².